The highest BCUT2D eigenvalue weighted by atomic mass is 16.2. The first-order chi connectivity index (χ1) is 12.3. The molecule has 0 radical (unpaired) electrons. The quantitative estimate of drug-likeness (QED) is 0.777. The molecule has 0 unspecified atom stereocenters. The van der Waals surface area contributed by atoms with Crippen LogP contribution in [0, 0.1) is 0 Å². The van der Waals surface area contributed by atoms with Gasteiger partial charge >= 0.3 is 0 Å². The predicted molar refractivity (Wildman–Crippen MR) is 91.8 cm³/mol. The van der Waals surface area contributed by atoms with E-state index >= 15 is 0 Å². The van der Waals surface area contributed by atoms with Gasteiger partial charge in [0, 0.05) is 57.9 Å². The molecule has 8 nitrogen and oxygen atoms in total. The molecular weight excluding hydrogens is 318 g/mol. The van der Waals surface area contributed by atoms with Crippen LogP contribution in [0.5, 0.6) is 0 Å². The number of nitrogens with zero attached hydrogens (tertiary/aromatic N) is 7. The molecule has 0 aromatic carbocycles. The van der Waals surface area contributed by atoms with Gasteiger partial charge in [-0.1, -0.05) is 0 Å². The maximum Gasteiger partial charge on any atom is 0.236 e. The third kappa shape index (κ3) is 3.58. The van der Waals surface area contributed by atoms with Crippen LogP contribution in [0.15, 0.2) is 31.0 Å². The molecule has 2 aliphatic heterocycles. The minimum Gasteiger partial charge on any atom is -0.338 e. The Balaban J connectivity index is 1.30. The average molecular weight is 339 g/mol. The number of carbonyl (C=O) groups is 1. The van der Waals surface area contributed by atoms with Crippen LogP contribution >= 0.6 is 0 Å². The Morgan fingerprint density at radius 2 is 1.84 bits per heavy atom. The molecule has 0 bridgehead atoms. The Kier molecular flexibility index (Phi) is 4.51. The first-order valence-corrected chi connectivity index (χ1v) is 8.59. The van der Waals surface area contributed by atoms with E-state index in [2.05, 4.69) is 29.7 Å². The van der Waals surface area contributed by atoms with Gasteiger partial charge in [-0.15, -0.1) is 0 Å². The van der Waals surface area contributed by atoms with Crippen molar-refractivity contribution in [1.82, 2.24) is 29.7 Å². The zero-order valence-corrected chi connectivity index (χ0v) is 14.1. The van der Waals surface area contributed by atoms with Crippen molar-refractivity contribution in [2.45, 2.75) is 13.0 Å². The molecular formula is C17H21N7O. The molecule has 0 atom stereocenters. The van der Waals surface area contributed by atoms with E-state index in [0.29, 0.717) is 19.6 Å². The van der Waals surface area contributed by atoms with Crippen molar-refractivity contribution in [2.24, 2.45) is 0 Å². The Morgan fingerprint density at radius 3 is 2.64 bits per heavy atom. The molecule has 0 spiro atoms. The second kappa shape index (κ2) is 7.10. The molecule has 2 aromatic heterocycles. The summed E-state index contributed by atoms with van der Waals surface area (Å²) in [6.07, 6.45) is 7.86. The van der Waals surface area contributed by atoms with Crippen molar-refractivity contribution in [3.63, 3.8) is 0 Å². The number of hydrogen-bond donors (Lipinski definition) is 0. The van der Waals surface area contributed by atoms with Gasteiger partial charge in [-0.25, -0.2) is 19.9 Å². The van der Waals surface area contributed by atoms with Crippen molar-refractivity contribution in [3.05, 3.63) is 42.2 Å². The van der Waals surface area contributed by atoms with Crippen LogP contribution in [0.1, 0.15) is 11.3 Å². The number of hydrogen-bond acceptors (Lipinski definition) is 7. The van der Waals surface area contributed by atoms with E-state index in [1.54, 1.807) is 18.7 Å². The maximum atomic E-state index is 12.6. The lowest BCUT2D eigenvalue weighted by Crippen LogP contribution is -2.52. The number of anilines is 1. The summed E-state index contributed by atoms with van der Waals surface area (Å²) in [4.78, 5) is 35.8. The lowest BCUT2D eigenvalue weighted by molar-refractivity contribution is -0.133. The zero-order valence-electron chi connectivity index (χ0n) is 14.1. The minimum atomic E-state index is 0.186. The number of fused-ring (bicyclic) bond motifs is 1. The smallest absolute Gasteiger partial charge is 0.236 e. The molecule has 2 aliphatic rings. The van der Waals surface area contributed by atoms with Gasteiger partial charge < -0.3 is 9.80 Å². The van der Waals surface area contributed by atoms with Crippen molar-refractivity contribution in [2.75, 3.05) is 44.2 Å². The number of amides is 1. The van der Waals surface area contributed by atoms with E-state index in [1.165, 1.54) is 5.56 Å². The Morgan fingerprint density at radius 1 is 1.04 bits per heavy atom. The fourth-order valence-electron chi connectivity index (χ4n) is 3.34. The predicted octanol–water partition coefficient (Wildman–Crippen LogP) is -0.0265. The molecule has 0 aliphatic carbocycles. The van der Waals surface area contributed by atoms with Gasteiger partial charge in [0.2, 0.25) is 11.9 Å². The topological polar surface area (TPSA) is 78.4 Å². The first-order valence-electron chi connectivity index (χ1n) is 8.59. The molecule has 4 rings (SSSR count). The van der Waals surface area contributed by atoms with Crippen LogP contribution < -0.4 is 4.90 Å². The minimum absolute atomic E-state index is 0.186. The number of piperazine rings is 1. The number of carbonyl (C=O) groups excluding carboxylic acids is 1. The molecule has 0 saturated carbocycles. The fraction of sp³-hybridized carbons (Fsp3) is 0.471. The largest absolute Gasteiger partial charge is 0.338 e. The summed E-state index contributed by atoms with van der Waals surface area (Å²) >= 11 is 0. The van der Waals surface area contributed by atoms with Crippen LogP contribution in [0.25, 0.3) is 0 Å². The molecule has 4 heterocycles. The molecule has 0 N–H and O–H groups in total. The Hall–Kier alpha value is -2.61. The normalized spacial score (nSPS) is 18.1. The van der Waals surface area contributed by atoms with Crippen molar-refractivity contribution >= 4 is 11.9 Å². The summed E-state index contributed by atoms with van der Waals surface area (Å²) in [6, 6.07) is 1.81. The lowest BCUT2D eigenvalue weighted by atomic mass is 10.1. The van der Waals surface area contributed by atoms with E-state index in [1.807, 2.05) is 17.2 Å². The zero-order chi connectivity index (χ0) is 17.1. The fourth-order valence-corrected chi connectivity index (χ4v) is 3.34. The standard InChI is InChI=1S/C17H21N7O/c25-16(12-22-5-2-14-10-18-13-21-15(14)11-22)23-6-8-24(9-7-23)17-19-3-1-4-20-17/h1,3-4,10,13H,2,5-9,11-12H2. The molecule has 130 valence electrons. The first kappa shape index (κ1) is 15.9. The Labute approximate surface area is 146 Å². The molecule has 2 aromatic rings. The Bertz CT molecular complexity index is 731. The third-order valence-electron chi connectivity index (χ3n) is 4.78. The van der Waals surface area contributed by atoms with E-state index in [0.717, 1.165) is 44.2 Å². The van der Waals surface area contributed by atoms with Gasteiger partial charge in [-0.3, -0.25) is 9.69 Å². The molecule has 25 heavy (non-hydrogen) atoms. The summed E-state index contributed by atoms with van der Waals surface area (Å²) < 4.78 is 0. The van der Waals surface area contributed by atoms with Crippen LogP contribution in [0.2, 0.25) is 0 Å². The van der Waals surface area contributed by atoms with Gasteiger partial charge in [-0.05, 0) is 18.1 Å². The number of rotatable bonds is 3. The summed E-state index contributed by atoms with van der Waals surface area (Å²) in [7, 11) is 0. The van der Waals surface area contributed by atoms with Crippen molar-refractivity contribution < 1.29 is 4.79 Å². The molecule has 1 saturated heterocycles. The highest BCUT2D eigenvalue weighted by Gasteiger charge is 2.25. The molecule has 1 fully saturated rings. The van der Waals surface area contributed by atoms with Crippen molar-refractivity contribution in [1.29, 1.82) is 0 Å². The molecule has 1 amide bonds. The highest BCUT2D eigenvalue weighted by Crippen LogP contribution is 2.16. The van der Waals surface area contributed by atoms with Gasteiger partial charge in [0.1, 0.15) is 6.33 Å². The summed E-state index contributed by atoms with van der Waals surface area (Å²) in [5.41, 5.74) is 2.24. The lowest BCUT2D eigenvalue weighted by Gasteiger charge is -2.36. The average Bonchev–Trinajstić information content (AvgIpc) is 2.69. The van der Waals surface area contributed by atoms with Crippen LogP contribution in [-0.2, 0) is 17.8 Å². The third-order valence-corrected chi connectivity index (χ3v) is 4.78. The SMILES string of the molecule is O=C(CN1CCc2cncnc2C1)N1CCN(c2ncccn2)CC1. The summed E-state index contributed by atoms with van der Waals surface area (Å²) in [5.74, 6) is 0.924. The van der Waals surface area contributed by atoms with Crippen molar-refractivity contribution in [3.8, 4) is 0 Å². The van der Waals surface area contributed by atoms with E-state index < -0.39 is 0 Å². The molecule has 8 heteroatoms. The van der Waals surface area contributed by atoms with Crippen LogP contribution in [0.3, 0.4) is 0 Å². The van der Waals surface area contributed by atoms with Crippen LogP contribution in [0.4, 0.5) is 5.95 Å². The van der Waals surface area contributed by atoms with E-state index in [-0.39, 0.29) is 5.91 Å². The van der Waals surface area contributed by atoms with Gasteiger partial charge in [-0.2, -0.15) is 0 Å². The second-order valence-corrected chi connectivity index (χ2v) is 6.37. The second-order valence-electron chi connectivity index (χ2n) is 6.37. The van der Waals surface area contributed by atoms with E-state index in [4.69, 9.17) is 0 Å². The summed E-state index contributed by atoms with van der Waals surface area (Å²) in [5, 5.41) is 0. The highest BCUT2D eigenvalue weighted by molar-refractivity contribution is 5.78. The van der Waals surface area contributed by atoms with Gasteiger partial charge in [0.25, 0.3) is 0 Å². The number of aromatic nitrogens is 4. The monoisotopic (exact) mass is 339 g/mol. The van der Waals surface area contributed by atoms with Gasteiger partial charge in [0.05, 0.1) is 12.2 Å². The van der Waals surface area contributed by atoms with Gasteiger partial charge in [0.15, 0.2) is 0 Å². The van der Waals surface area contributed by atoms with Crippen LogP contribution in [-0.4, -0.2) is 74.9 Å². The maximum absolute atomic E-state index is 12.6. The summed E-state index contributed by atoms with van der Waals surface area (Å²) in [6.45, 7) is 5.02. The van der Waals surface area contributed by atoms with E-state index in [9.17, 15) is 4.79 Å².